The standard InChI is InChI=1S/C11H8Cl2FN3O/c1-18-6-2-3-7(12)9(4-6)16-10-8(14)5-15-11(13)17-10/h2-5H,1H3,(H,15,16,17). The van der Waals surface area contributed by atoms with Crippen LogP contribution in [0.1, 0.15) is 0 Å². The maximum Gasteiger partial charge on any atom is 0.224 e. The molecule has 0 atom stereocenters. The van der Waals surface area contributed by atoms with Crippen molar-refractivity contribution in [3.63, 3.8) is 0 Å². The lowest BCUT2D eigenvalue weighted by atomic mass is 10.3. The van der Waals surface area contributed by atoms with Gasteiger partial charge in [0, 0.05) is 6.07 Å². The lowest BCUT2D eigenvalue weighted by Gasteiger charge is -2.09. The number of nitrogens with one attached hydrogen (secondary N) is 1. The van der Waals surface area contributed by atoms with Crippen molar-refractivity contribution in [1.82, 2.24) is 9.97 Å². The summed E-state index contributed by atoms with van der Waals surface area (Å²) < 4.78 is 18.5. The van der Waals surface area contributed by atoms with Crippen LogP contribution in [0.3, 0.4) is 0 Å². The van der Waals surface area contributed by atoms with Crippen molar-refractivity contribution in [2.24, 2.45) is 0 Å². The van der Waals surface area contributed by atoms with Crippen LogP contribution >= 0.6 is 23.2 Å². The molecule has 0 fully saturated rings. The lowest BCUT2D eigenvalue weighted by Crippen LogP contribution is -1.99. The largest absolute Gasteiger partial charge is 0.497 e. The number of hydrogen-bond donors (Lipinski definition) is 1. The van der Waals surface area contributed by atoms with Gasteiger partial charge in [-0.3, -0.25) is 0 Å². The highest BCUT2D eigenvalue weighted by molar-refractivity contribution is 6.33. The van der Waals surface area contributed by atoms with Crippen molar-refractivity contribution in [1.29, 1.82) is 0 Å². The Bertz CT molecular complexity index is 580. The minimum atomic E-state index is -0.627. The molecule has 0 radical (unpaired) electrons. The van der Waals surface area contributed by atoms with Crippen LogP contribution in [0.5, 0.6) is 5.75 Å². The second kappa shape index (κ2) is 5.37. The summed E-state index contributed by atoms with van der Waals surface area (Å²) in [4.78, 5) is 7.25. The summed E-state index contributed by atoms with van der Waals surface area (Å²) in [6.45, 7) is 0. The van der Waals surface area contributed by atoms with E-state index in [1.807, 2.05) is 0 Å². The third-order valence-corrected chi connectivity index (χ3v) is 2.65. The molecule has 7 heteroatoms. The molecule has 1 aromatic heterocycles. The average molecular weight is 288 g/mol. The fraction of sp³-hybridized carbons (Fsp3) is 0.0909. The second-order valence-electron chi connectivity index (χ2n) is 3.31. The first-order valence-corrected chi connectivity index (χ1v) is 5.64. The predicted octanol–water partition coefficient (Wildman–Crippen LogP) is 3.67. The van der Waals surface area contributed by atoms with Crippen molar-refractivity contribution < 1.29 is 9.13 Å². The van der Waals surface area contributed by atoms with Crippen LogP contribution < -0.4 is 10.1 Å². The van der Waals surface area contributed by atoms with E-state index in [-0.39, 0.29) is 11.1 Å². The maximum absolute atomic E-state index is 13.4. The number of aromatic nitrogens is 2. The number of anilines is 2. The van der Waals surface area contributed by atoms with E-state index < -0.39 is 5.82 Å². The third-order valence-electron chi connectivity index (χ3n) is 2.14. The molecule has 4 nitrogen and oxygen atoms in total. The van der Waals surface area contributed by atoms with Gasteiger partial charge in [0.2, 0.25) is 5.28 Å². The van der Waals surface area contributed by atoms with Crippen molar-refractivity contribution >= 4 is 34.7 Å². The Labute approximate surface area is 113 Å². The van der Waals surface area contributed by atoms with Gasteiger partial charge in [-0.15, -0.1) is 0 Å². The molecule has 1 N–H and O–H groups in total. The molecule has 0 saturated heterocycles. The Morgan fingerprint density at radius 3 is 2.83 bits per heavy atom. The zero-order chi connectivity index (χ0) is 13.1. The van der Waals surface area contributed by atoms with Crippen LogP contribution in [0.4, 0.5) is 15.9 Å². The summed E-state index contributed by atoms with van der Waals surface area (Å²) in [6, 6.07) is 4.94. The number of methoxy groups -OCH3 is 1. The van der Waals surface area contributed by atoms with Crippen LogP contribution in [0, 0.1) is 5.82 Å². The van der Waals surface area contributed by atoms with Crippen molar-refractivity contribution in [2.45, 2.75) is 0 Å². The Morgan fingerprint density at radius 2 is 2.11 bits per heavy atom. The van der Waals surface area contributed by atoms with E-state index in [4.69, 9.17) is 27.9 Å². The first-order chi connectivity index (χ1) is 8.60. The molecule has 0 amide bonds. The van der Waals surface area contributed by atoms with Crippen molar-refractivity contribution in [3.8, 4) is 5.75 Å². The van der Waals surface area contributed by atoms with Crippen molar-refractivity contribution in [3.05, 3.63) is 40.5 Å². The Hall–Kier alpha value is -1.59. The monoisotopic (exact) mass is 287 g/mol. The van der Waals surface area contributed by atoms with Crippen LogP contribution in [-0.4, -0.2) is 17.1 Å². The van der Waals surface area contributed by atoms with E-state index in [0.29, 0.717) is 16.5 Å². The average Bonchev–Trinajstić information content (AvgIpc) is 2.36. The van der Waals surface area contributed by atoms with Gasteiger partial charge in [-0.1, -0.05) is 11.6 Å². The van der Waals surface area contributed by atoms with E-state index in [1.165, 1.54) is 7.11 Å². The van der Waals surface area contributed by atoms with E-state index in [0.717, 1.165) is 6.20 Å². The molecule has 94 valence electrons. The summed E-state index contributed by atoms with van der Waals surface area (Å²) in [5.74, 6) is -0.0918. The van der Waals surface area contributed by atoms with Crippen molar-refractivity contribution in [2.75, 3.05) is 12.4 Å². The van der Waals surface area contributed by atoms with Gasteiger partial charge in [0.15, 0.2) is 11.6 Å². The maximum atomic E-state index is 13.4. The fourth-order valence-electron chi connectivity index (χ4n) is 1.29. The summed E-state index contributed by atoms with van der Waals surface area (Å²) in [5.41, 5.74) is 0.463. The van der Waals surface area contributed by atoms with Crippen LogP contribution in [0.15, 0.2) is 24.4 Å². The van der Waals surface area contributed by atoms with Gasteiger partial charge in [0.05, 0.1) is 24.0 Å². The fourth-order valence-corrected chi connectivity index (χ4v) is 1.59. The van der Waals surface area contributed by atoms with Gasteiger partial charge in [-0.2, -0.15) is 4.98 Å². The summed E-state index contributed by atoms with van der Waals surface area (Å²) in [6.07, 6.45) is 0.978. The number of halogens is 3. The highest BCUT2D eigenvalue weighted by Crippen LogP contribution is 2.29. The molecular formula is C11H8Cl2FN3O. The first kappa shape index (κ1) is 12.9. The Balaban J connectivity index is 2.36. The van der Waals surface area contributed by atoms with Crippen LogP contribution in [0.2, 0.25) is 10.3 Å². The normalized spacial score (nSPS) is 10.2. The molecule has 1 heterocycles. The smallest absolute Gasteiger partial charge is 0.224 e. The summed E-state index contributed by atoms with van der Waals surface area (Å²) >= 11 is 11.6. The second-order valence-corrected chi connectivity index (χ2v) is 4.05. The van der Waals surface area contributed by atoms with Crippen LogP contribution in [-0.2, 0) is 0 Å². The molecule has 0 bridgehead atoms. The minimum Gasteiger partial charge on any atom is -0.497 e. The highest BCUT2D eigenvalue weighted by Gasteiger charge is 2.09. The zero-order valence-electron chi connectivity index (χ0n) is 9.25. The van der Waals surface area contributed by atoms with Gasteiger partial charge < -0.3 is 10.1 Å². The number of hydrogen-bond acceptors (Lipinski definition) is 4. The number of rotatable bonds is 3. The SMILES string of the molecule is COc1ccc(Cl)c(Nc2nc(Cl)ncc2F)c1. The zero-order valence-corrected chi connectivity index (χ0v) is 10.8. The highest BCUT2D eigenvalue weighted by atomic mass is 35.5. The van der Waals surface area contributed by atoms with Gasteiger partial charge in [0.25, 0.3) is 0 Å². The number of nitrogens with zero attached hydrogens (tertiary/aromatic N) is 2. The topological polar surface area (TPSA) is 47.0 Å². The molecule has 0 saturated carbocycles. The quantitative estimate of drug-likeness (QED) is 0.875. The Morgan fingerprint density at radius 1 is 1.33 bits per heavy atom. The number of ether oxygens (including phenoxy) is 1. The van der Waals surface area contributed by atoms with Crippen LogP contribution in [0.25, 0.3) is 0 Å². The first-order valence-electron chi connectivity index (χ1n) is 4.89. The van der Waals surface area contributed by atoms with E-state index in [2.05, 4.69) is 15.3 Å². The molecule has 2 rings (SSSR count). The van der Waals surface area contributed by atoms with Gasteiger partial charge in [0.1, 0.15) is 5.75 Å². The van der Waals surface area contributed by atoms with Gasteiger partial charge >= 0.3 is 0 Å². The molecule has 0 aliphatic carbocycles. The van der Waals surface area contributed by atoms with Gasteiger partial charge in [-0.25, -0.2) is 9.37 Å². The minimum absolute atomic E-state index is 0.0508. The molecule has 1 aromatic carbocycles. The predicted molar refractivity (Wildman–Crippen MR) is 68.3 cm³/mol. The summed E-state index contributed by atoms with van der Waals surface area (Å²) in [7, 11) is 1.52. The molecule has 0 spiro atoms. The molecular weight excluding hydrogens is 280 g/mol. The molecule has 18 heavy (non-hydrogen) atoms. The molecule has 0 aliphatic rings. The lowest BCUT2D eigenvalue weighted by molar-refractivity contribution is 0.415. The third kappa shape index (κ3) is 2.80. The Kier molecular flexibility index (Phi) is 3.84. The molecule has 0 unspecified atom stereocenters. The summed E-state index contributed by atoms with van der Waals surface area (Å²) in [5, 5.41) is 3.08. The van der Waals surface area contributed by atoms with E-state index in [1.54, 1.807) is 18.2 Å². The molecule has 0 aliphatic heterocycles. The van der Waals surface area contributed by atoms with E-state index in [9.17, 15) is 4.39 Å². The molecule has 2 aromatic rings. The number of benzene rings is 1. The van der Waals surface area contributed by atoms with E-state index >= 15 is 0 Å². The van der Waals surface area contributed by atoms with Gasteiger partial charge in [-0.05, 0) is 23.7 Å².